The van der Waals surface area contributed by atoms with Gasteiger partial charge in [-0.1, -0.05) is 37.3 Å². The lowest BCUT2D eigenvalue weighted by atomic mass is 9.99. The van der Waals surface area contributed by atoms with Crippen LogP contribution in [0.4, 0.5) is 0 Å². The fraction of sp³-hybridized carbons (Fsp3) is 0.438. The molecule has 0 bridgehead atoms. The maximum absolute atomic E-state index is 6.01. The van der Waals surface area contributed by atoms with E-state index in [0.717, 1.165) is 18.0 Å². The molecule has 3 nitrogen and oxygen atoms in total. The standard InChI is InChI=1S/C16H22N2OS/c1-3-17-14(12-15-18-10-11-20-15)16(19-4-2)13-8-6-5-7-9-13/h5-11,14,16-17H,3-4,12H2,1-2H3. The number of hydrogen-bond donors (Lipinski definition) is 1. The van der Waals surface area contributed by atoms with Gasteiger partial charge in [-0.3, -0.25) is 0 Å². The SMILES string of the molecule is CCNC(Cc1nccs1)C(OCC)c1ccccc1. The Kier molecular flexibility index (Phi) is 6.18. The van der Waals surface area contributed by atoms with E-state index in [9.17, 15) is 0 Å². The quantitative estimate of drug-likeness (QED) is 0.808. The summed E-state index contributed by atoms with van der Waals surface area (Å²) < 4.78 is 6.01. The molecule has 2 unspecified atom stereocenters. The molecule has 2 rings (SSSR count). The molecule has 0 aliphatic rings. The van der Waals surface area contributed by atoms with Crippen molar-refractivity contribution < 1.29 is 4.74 Å². The molecule has 2 atom stereocenters. The molecule has 0 saturated heterocycles. The Balaban J connectivity index is 2.18. The third-order valence-corrected chi connectivity index (χ3v) is 3.99. The number of nitrogens with one attached hydrogen (secondary N) is 1. The van der Waals surface area contributed by atoms with Crippen LogP contribution in [0, 0.1) is 0 Å². The average Bonchev–Trinajstić information content (AvgIpc) is 2.98. The van der Waals surface area contributed by atoms with Crippen molar-refractivity contribution in [2.24, 2.45) is 0 Å². The van der Waals surface area contributed by atoms with E-state index in [4.69, 9.17) is 4.74 Å². The summed E-state index contributed by atoms with van der Waals surface area (Å²) in [4.78, 5) is 4.40. The number of likely N-dealkylation sites (N-methyl/N-ethyl adjacent to an activating group) is 1. The lowest BCUT2D eigenvalue weighted by Crippen LogP contribution is -2.38. The van der Waals surface area contributed by atoms with Crippen molar-refractivity contribution in [3.63, 3.8) is 0 Å². The van der Waals surface area contributed by atoms with E-state index in [1.807, 2.05) is 24.6 Å². The molecule has 0 saturated carbocycles. The molecule has 1 aromatic heterocycles. The molecule has 2 aromatic rings. The normalized spacial score (nSPS) is 14.1. The zero-order chi connectivity index (χ0) is 14.2. The summed E-state index contributed by atoms with van der Waals surface area (Å²) in [5, 5.41) is 6.72. The number of hydrogen-bond acceptors (Lipinski definition) is 4. The Morgan fingerprint density at radius 1 is 1.25 bits per heavy atom. The van der Waals surface area contributed by atoms with Crippen molar-refractivity contribution in [1.82, 2.24) is 10.3 Å². The molecule has 0 amide bonds. The molecule has 1 N–H and O–H groups in total. The second-order valence-corrected chi connectivity index (χ2v) is 5.56. The third-order valence-electron chi connectivity index (χ3n) is 3.18. The Labute approximate surface area is 125 Å². The topological polar surface area (TPSA) is 34.2 Å². The van der Waals surface area contributed by atoms with Crippen LogP contribution in [-0.2, 0) is 11.2 Å². The zero-order valence-electron chi connectivity index (χ0n) is 12.1. The van der Waals surface area contributed by atoms with Crippen LogP contribution in [0.25, 0.3) is 0 Å². The summed E-state index contributed by atoms with van der Waals surface area (Å²) in [5.41, 5.74) is 1.22. The number of rotatable bonds is 8. The van der Waals surface area contributed by atoms with Gasteiger partial charge in [0.15, 0.2) is 0 Å². The number of benzene rings is 1. The van der Waals surface area contributed by atoms with Crippen LogP contribution in [-0.4, -0.2) is 24.2 Å². The molecule has 0 fully saturated rings. The number of ether oxygens (including phenoxy) is 1. The van der Waals surface area contributed by atoms with Crippen LogP contribution in [0.3, 0.4) is 0 Å². The van der Waals surface area contributed by atoms with Gasteiger partial charge in [-0.25, -0.2) is 4.98 Å². The zero-order valence-corrected chi connectivity index (χ0v) is 12.9. The van der Waals surface area contributed by atoms with Crippen LogP contribution in [0.5, 0.6) is 0 Å². The van der Waals surface area contributed by atoms with Crippen LogP contribution < -0.4 is 5.32 Å². The first-order valence-electron chi connectivity index (χ1n) is 7.13. The molecule has 20 heavy (non-hydrogen) atoms. The molecule has 108 valence electrons. The van der Waals surface area contributed by atoms with E-state index < -0.39 is 0 Å². The van der Waals surface area contributed by atoms with Gasteiger partial charge in [0.05, 0.1) is 11.1 Å². The highest BCUT2D eigenvalue weighted by atomic mass is 32.1. The summed E-state index contributed by atoms with van der Waals surface area (Å²) in [6.07, 6.45) is 2.82. The summed E-state index contributed by atoms with van der Waals surface area (Å²) in [5.74, 6) is 0. The van der Waals surface area contributed by atoms with E-state index in [0.29, 0.717) is 6.61 Å². The van der Waals surface area contributed by atoms with Crippen LogP contribution in [0.2, 0.25) is 0 Å². The average molecular weight is 290 g/mol. The monoisotopic (exact) mass is 290 g/mol. The molecule has 0 radical (unpaired) electrons. The van der Waals surface area contributed by atoms with Crippen LogP contribution in [0.1, 0.15) is 30.5 Å². The van der Waals surface area contributed by atoms with Gasteiger partial charge in [-0.2, -0.15) is 0 Å². The van der Waals surface area contributed by atoms with Crippen molar-refractivity contribution in [3.8, 4) is 0 Å². The third kappa shape index (κ3) is 4.13. The molecular weight excluding hydrogens is 268 g/mol. The fourth-order valence-corrected chi connectivity index (χ4v) is 3.03. The van der Waals surface area contributed by atoms with Crippen molar-refractivity contribution in [2.75, 3.05) is 13.2 Å². The fourth-order valence-electron chi connectivity index (χ4n) is 2.36. The van der Waals surface area contributed by atoms with Gasteiger partial charge < -0.3 is 10.1 Å². The second-order valence-electron chi connectivity index (χ2n) is 4.58. The first-order chi connectivity index (χ1) is 9.85. The minimum atomic E-state index is 0.0602. The summed E-state index contributed by atoms with van der Waals surface area (Å²) in [7, 11) is 0. The van der Waals surface area contributed by atoms with Crippen LogP contribution in [0.15, 0.2) is 41.9 Å². The Hall–Kier alpha value is -1.23. The Morgan fingerprint density at radius 3 is 2.65 bits per heavy atom. The Bertz CT molecular complexity index is 472. The van der Waals surface area contributed by atoms with Gasteiger partial charge in [0, 0.05) is 30.6 Å². The minimum absolute atomic E-state index is 0.0602. The molecule has 4 heteroatoms. The molecular formula is C16H22N2OS. The molecule has 1 aromatic carbocycles. The van der Waals surface area contributed by atoms with E-state index in [2.05, 4.69) is 41.5 Å². The van der Waals surface area contributed by atoms with Crippen molar-refractivity contribution in [1.29, 1.82) is 0 Å². The maximum Gasteiger partial charge on any atom is 0.0981 e. The van der Waals surface area contributed by atoms with Gasteiger partial charge in [0.2, 0.25) is 0 Å². The number of nitrogens with zero attached hydrogens (tertiary/aromatic N) is 1. The first kappa shape index (κ1) is 15.2. The van der Waals surface area contributed by atoms with Crippen molar-refractivity contribution in [3.05, 3.63) is 52.5 Å². The summed E-state index contributed by atoms with van der Waals surface area (Å²) in [6.45, 7) is 5.80. The molecule has 1 heterocycles. The Morgan fingerprint density at radius 2 is 2.05 bits per heavy atom. The van der Waals surface area contributed by atoms with Gasteiger partial charge in [-0.15, -0.1) is 11.3 Å². The predicted molar refractivity (Wildman–Crippen MR) is 84.1 cm³/mol. The highest BCUT2D eigenvalue weighted by Gasteiger charge is 2.24. The van der Waals surface area contributed by atoms with E-state index >= 15 is 0 Å². The predicted octanol–water partition coefficient (Wildman–Crippen LogP) is 3.44. The highest BCUT2D eigenvalue weighted by Crippen LogP contribution is 2.24. The van der Waals surface area contributed by atoms with Gasteiger partial charge in [0.1, 0.15) is 0 Å². The number of aromatic nitrogens is 1. The van der Waals surface area contributed by atoms with Gasteiger partial charge >= 0.3 is 0 Å². The summed E-state index contributed by atoms with van der Waals surface area (Å²) >= 11 is 1.70. The van der Waals surface area contributed by atoms with Crippen molar-refractivity contribution >= 4 is 11.3 Å². The molecule has 0 aliphatic carbocycles. The van der Waals surface area contributed by atoms with E-state index in [1.165, 1.54) is 5.56 Å². The van der Waals surface area contributed by atoms with Crippen molar-refractivity contribution in [2.45, 2.75) is 32.4 Å². The summed E-state index contributed by atoms with van der Waals surface area (Å²) in [6, 6.07) is 10.7. The lowest BCUT2D eigenvalue weighted by molar-refractivity contribution is 0.0336. The molecule has 0 spiro atoms. The van der Waals surface area contributed by atoms with Gasteiger partial charge in [0.25, 0.3) is 0 Å². The van der Waals surface area contributed by atoms with E-state index in [1.54, 1.807) is 11.3 Å². The van der Waals surface area contributed by atoms with Crippen LogP contribution >= 0.6 is 11.3 Å². The lowest BCUT2D eigenvalue weighted by Gasteiger charge is -2.27. The molecule has 0 aliphatic heterocycles. The minimum Gasteiger partial charge on any atom is -0.372 e. The second kappa shape index (κ2) is 8.15. The number of thiazole rings is 1. The highest BCUT2D eigenvalue weighted by molar-refractivity contribution is 7.09. The first-order valence-corrected chi connectivity index (χ1v) is 8.01. The van der Waals surface area contributed by atoms with E-state index in [-0.39, 0.29) is 12.1 Å². The maximum atomic E-state index is 6.01. The van der Waals surface area contributed by atoms with Gasteiger partial charge in [-0.05, 0) is 19.0 Å². The largest absolute Gasteiger partial charge is 0.372 e. The smallest absolute Gasteiger partial charge is 0.0981 e.